The van der Waals surface area contributed by atoms with Gasteiger partial charge in [0.05, 0.1) is 12.5 Å². The van der Waals surface area contributed by atoms with E-state index >= 15 is 0 Å². The van der Waals surface area contributed by atoms with Gasteiger partial charge in [0, 0.05) is 24.7 Å². The van der Waals surface area contributed by atoms with Crippen molar-refractivity contribution >= 4 is 24.2 Å². The molecule has 5 nitrogen and oxygen atoms in total. The number of likely N-dealkylation sites (tertiary alicyclic amines) is 1. The quantitative estimate of drug-likeness (QED) is 0.807. The maximum absolute atomic E-state index is 12.8. The van der Waals surface area contributed by atoms with Gasteiger partial charge in [-0.2, -0.15) is 0 Å². The van der Waals surface area contributed by atoms with Gasteiger partial charge in [0.1, 0.15) is 0 Å². The molecule has 0 aliphatic carbocycles. The topological polar surface area (TPSA) is 75.4 Å². The molecule has 2 aromatic carbocycles. The zero-order valence-corrected chi connectivity index (χ0v) is 17.0. The first-order valence-corrected chi connectivity index (χ1v) is 9.49. The highest BCUT2D eigenvalue weighted by Gasteiger charge is 2.25. The average Bonchev–Trinajstić information content (AvgIpc) is 2.69. The number of halogens is 1. The molecule has 0 aromatic heterocycles. The lowest BCUT2D eigenvalue weighted by atomic mass is 10.0. The van der Waals surface area contributed by atoms with Gasteiger partial charge in [-0.3, -0.25) is 9.59 Å². The molecule has 0 saturated carbocycles. The zero-order chi connectivity index (χ0) is 19.2. The summed E-state index contributed by atoms with van der Waals surface area (Å²) in [5, 5.41) is 3.04. The number of nitrogens with two attached hydrogens (primary N) is 1. The van der Waals surface area contributed by atoms with Crippen molar-refractivity contribution in [3.05, 3.63) is 71.3 Å². The first-order valence-electron chi connectivity index (χ1n) is 9.49. The fourth-order valence-electron chi connectivity index (χ4n) is 3.34. The van der Waals surface area contributed by atoms with E-state index in [2.05, 4.69) is 5.32 Å². The van der Waals surface area contributed by atoms with E-state index in [9.17, 15) is 9.59 Å². The Hall–Kier alpha value is -2.37. The summed E-state index contributed by atoms with van der Waals surface area (Å²) < 4.78 is 0. The summed E-state index contributed by atoms with van der Waals surface area (Å²) in [6.07, 6.45) is 1.91. The maximum Gasteiger partial charge on any atom is 0.251 e. The predicted molar refractivity (Wildman–Crippen MR) is 113 cm³/mol. The van der Waals surface area contributed by atoms with Crippen molar-refractivity contribution in [1.29, 1.82) is 0 Å². The Kier molecular flexibility index (Phi) is 8.03. The first kappa shape index (κ1) is 21.9. The van der Waals surface area contributed by atoms with Crippen molar-refractivity contribution in [3.63, 3.8) is 0 Å². The monoisotopic (exact) mass is 401 g/mol. The molecule has 1 unspecified atom stereocenters. The molecule has 2 aromatic rings. The van der Waals surface area contributed by atoms with Crippen LogP contribution >= 0.6 is 12.4 Å². The Morgan fingerprint density at radius 1 is 1.07 bits per heavy atom. The minimum atomic E-state index is -0.358. The highest BCUT2D eigenvalue weighted by Crippen LogP contribution is 2.20. The molecule has 1 aliphatic heterocycles. The number of carbonyl (C=O) groups is 2. The van der Waals surface area contributed by atoms with Gasteiger partial charge in [-0.1, -0.05) is 48.0 Å². The van der Waals surface area contributed by atoms with E-state index in [0.29, 0.717) is 18.7 Å². The number of nitrogens with zero attached hydrogens (tertiary/aromatic N) is 1. The van der Waals surface area contributed by atoms with Crippen LogP contribution in [0.4, 0.5) is 0 Å². The zero-order valence-electron chi connectivity index (χ0n) is 16.1. The fourth-order valence-corrected chi connectivity index (χ4v) is 3.34. The molecule has 0 spiro atoms. The average molecular weight is 402 g/mol. The van der Waals surface area contributed by atoms with Crippen molar-refractivity contribution in [2.45, 2.75) is 38.3 Å². The Morgan fingerprint density at radius 2 is 1.68 bits per heavy atom. The summed E-state index contributed by atoms with van der Waals surface area (Å²) in [6, 6.07) is 16.9. The third kappa shape index (κ3) is 5.81. The maximum atomic E-state index is 12.8. The van der Waals surface area contributed by atoms with Gasteiger partial charge in [-0.25, -0.2) is 0 Å². The van der Waals surface area contributed by atoms with Crippen molar-refractivity contribution in [3.8, 4) is 0 Å². The molecule has 0 bridgehead atoms. The molecule has 3 N–H and O–H groups in total. The third-order valence-electron chi connectivity index (χ3n) is 5.09. The Balaban J connectivity index is 0.00000280. The number of carbonyl (C=O) groups excluding carboxylic acids is 2. The second-order valence-electron chi connectivity index (χ2n) is 7.23. The normalized spacial score (nSPS) is 15.4. The van der Waals surface area contributed by atoms with E-state index in [4.69, 9.17) is 5.73 Å². The molecule has 1 fully saturated rings. The number of nitrogens with one attached hydrogen (secondary N) is 1. The van der Waals surface area contributed by atoms with Crippen molar-refractivity contribution < 1.29 is 9.59 Å². The van der Waals surface area contributed by atoms with Gasteiger partial charge in [0.15, 0.2) is 0 Å². The molecule has 150 valence electrons. The largest absolute Gasteiger partial charge is 0.345 e. The number of benzene rings is 2. The Bertz CT molecular complexity index is 772. The Morgan fingerprint density at radius 3 is 2.29 bits per heavy atom. The summed E-state index contributed by atoms with van der Waals surface area (Å²) in [4.78, 5) is 27.3. The number of hydrogen-bond donors (Lipinski definition) is 2. The number of piperidine rings is 1. The molecule has 6 heteroatoms. The summed E-state index contributed by atoms with van der Waals surface area (Å²) in [7, 11) is 0. The van der Waals surface area contributed by atoms with E-state index in [1.165, 1.54) is 0 Å². The molecule has 1 atom stereocenters. The summed E-state index contributed by atoms with van der Waals surface area (Å²) in [6.45, 7) is 3.36. The van der Waals surface area contributed by atoms with Gasteiger partial charge in [0.2, 0.25) is 5.91 Å². The van der Waals surface area contributed by atoms with E-state index < -0.39 is 0 Å². The summed E-state index contributed by atoms with van der Waals surface area (Å²) in [5.41, 5.74) is 8.56. The SMILES string of the molecule is Cc1ccc(C(=O)NC(CC(=O)N2CCC(N)CC2)c2ccccc2)cc1.Cl. The van der Waals surface area contributed by atoms with Crippen molar-refractivity contribution in [1.82, 2.24) is 10.2 Å². The summed E-state index contributed by atoms with van der Waals surface area (Å²) in [5.74, 6) is -0.114. The van der Waals surface area contributed by atoms with Crippen LogP contribution in [0.2, 0.25) is 0 Å². The molecule has 28 heavy (non-hydrogen) atoms. The highest BCUT2D eigenvalue weighted by molar-refractivity contribution is 5.94. The van der Waals surface area contributed by atoms with Crippen LogP contribution in [0.3, 0.4) is 0 Å². The Labute approximate surface area is 172 Å². The third-order valence-corrected chi connectivity index (χ3v) is 5.09. The van der Waals surface area contributed by atoms with E-state index in [-0.39, 0.29) is 42.7 Å². The lowest BCUT2D eigenvalue weighted by Gasteiger charge is -2.31. The molecule has 0 radical (unpaired) electrons. The van der Waals surface area contributed by atoms with Crippen LogP contribution in [-0.2, 0) is 4.79 Å². The van der Waals surface area contributed by atoms with Gasteiger partial charge in [-0.15, -0.1) is 12.4 Å². The van der Waals surface area contributed by atoms with Gasteiger partial charge in [-0.05, 0) is 37.5 Å². The van der Waals surface area contributed by atoms with Crippen LogP contribution < -0.4 is 11.1 Å². The number of aryl methyl sites for hydroxylation is 1. The van der Waals surface area contributed by atoms with Crippen molar-refractivity contribution in [2.75, 3.05) is 13.1 Å². The van der Waals surface area contributed by atoms with E-state index in [1.54, 1.807) is 12.1 Å². The number of hydrogen-bond acceptors (Lipinski definition) is 3. The van der Waals surface area contributed by atoms with Gasteiger partial charge >= 0.3 is 0 Å². The molecule has 1 heterocycles. The minimum Gasteiger partial charge on any atom is -0.345 e. The molecular weight excluding hydrogens is 374 g/mol. The summed E-state index contributed by atoms with van der Waals surface area (Å²) >= 11 is 0. The highest BCUT2D eigenvalue weighted by atomic mass is 35.5. The lowest BCUT2D eigenvalue weighted by molar-refractivity contribution is -0.132. The predicted octanol–water partition coefficient (Wildman–Crippen LogP) is 3.23. The van der Waals surface area contributed by atoms with Crippen LogP contribution in [-0.4, -0.2) is 35.8 Å². The van der Waals surface area contributed by atoms with E-state index in [1.807, 2.05) is 54.3 Å². The molecule has 1 saturated heterocycles. The number of amides is 2. The lowest BCUT2D eigenvalue weighted by Crippen LogP contribution is -2.44. The van der Waals surface area contributed by atoms with Crippen LogP contribution in [0.1, 0.15) is 46.8 Å². The number of rotatable bonds is 5. The smallest absolute Gasteiger partial charge is 0.251 e. The van der Waals surface area contributed by atoms with Crippen LogP contribution in [0.15, 0.2) is 54.6 Å². The minimum absolute atomic E-state index is 0. The van der Waals surface area contributed by atoms with Crippen LogP contribution in [0.25, 0.3) is 0 Å². The second kappa shape index (κ2) is 10.2. The van der Waals surface area contributed by atoms with Crippen LogP contribution in [0, 0.1) is 6.92 Å². The van der Waals surface area contributed by atoms with Crippen molar-refractivity contribution in [2.24, 2.45) is 5.73 Å². The standard InChI is InChI=1S/C22H27N3O2.ClH/c1-16-7-9-18(10-8-16)22(27)24-20(17-5-3-2-4-6-17)15-21(26)25-13-11-19(23)12-14-25;/h2-10,19-20H,11-15,23H2,1H3,(H,24,27);1H. The molecule has 3 rings (SSSR count). The fraction of sp³-hybridized carbons (Fsp3) is 0.364. The van der Waals surface area contributed by atoms with Gasteiger partial charge < -0.3 is 16.0 Å². The molecular formula is C22H28ClN3O2. The second-order valence-corrected chi connectivity index (χ2v) is 7.23. The van der Waals surface area contributed by atoms with Gasteiger partial charge in [0.25, 0.3) is 5.91 Å². The molecule has 2 amide bonds. The van der Waals surface area contributed by atoms with E-state index in [0.717, 1.165) is 24.0 Å². The first-order chi connectivity index (χ1) is 13.0. The molecule has 1 aliphatic rings. The van der Waals surface area contributed by atoms with Crippen LogP contribution in [0.5, 0.6) is 0 Å².